The van der Waals surface area contributed by atoms with E-state index in [1.54, 1.807) is 18.5 Å². The Balaban J connectivity index is 1.37. The van der Waals surface area contributed by atoms with Crippen LogP contribution in [0.4, 0.5) is 11.6 Å². The van der Waals surface area contributed by atoms with Crippen LogP contribution in [0.25, 0.3) is 0 Å². The van der Waals surface area contributed by atoms with Crippen LogP contribution >= 0.6 is 0 Å². The van der Waals surface area contributed by atoms with E-state index in [-0.39, 0.29) is 5.91 Å². The fraction of sp³-hybridized carbons (Fsp3) is 0.238. The number of hydrogen-bond acceptors (Lipinski definition) is 6. The molecule has 0 saturated carbocycles. The van der Waals surface area contributed by atoms with Gasteiger partial charge in [0.2, 0.25) is 0 Å². The first-order valence-electron chi connectivity index (χ1n) is 9.35. The SMILES string of the molecule is O=C(NCc1cccnc1)c1cccc(N2CCN(c3ccccn3)CC2)n1. The maximum Gasteiger partial charge on any atom is 0.270 e. The summed E-state index contributed by atoms with van der Waals surface area (Å²) in [5.41, 5.74) is 1.38. The molecule has 1 saturated heterocycles. The Morgan fingerprint density at radius 3 is 2.39 bits per heavy atom. The van der Waals surface area contributed by atoms with E-state index >= 15 is 0 Å². The molecular weight excluding hydrogens is 352 g/mol. The molecule has 1 fully saturated rings. The van der Waals surface area contributed by atoms with Gasteiger partial charge in [-0.1, -0.05) is 18.2 Å². The molecule has 0 aromatic carbocycles. The highest BCUT2D eigenvalue weighted by Gasteiger charge is 2.19. The Bertz CT molecular complexity index is 910. The van der Waals surface area contributed by atoms with E-state index in [2.05, 4.69) is 30.1 Å². The van der Waals surface area contributed by atoms with Crippen molar-refractivity contribution < 1.29 is 4.79 Å². The maximum atomic E-state index is 12.5. The van der Waals surface area contributed by atoms with E-state index in [9.17, 15) is 4.79 Å². The molecule has 4 rings (SSSR count). The molecule has 1 amide bonds. The summed E-state index contributed by atoms with van der Waals surface area (Å²) in [6.45, 7) is 3.85. The van der Waals surface area contributed by atoms with Crippen molar-refractivity contribution in [2.75, 3.05) is 36.0 Å². The fourth-order valence-electron chi connectivity index (χ4n) is 3.21. The van der Waals surface area contributed by atoms with Gasteiger partial charge in [-0.15, -0.1) is 0 Å². The Morgan fingerprint density at radius 1 is 0.893 bits per heavy atom. The monoisotopic (exact) mass is 374 g/mol. The zero-order valence-corrected chi connectivity index (χ0v) is 15.5. The Morgan fingerprint density at radius 2 is 1.68 bits per heavy atom. The zero-order valence-electron chi connectivity index (χ0n) is 15.5. The lowest BCUT2D eigenvalue weighted by molar-refractivity contribution is 0.0946. The normalized spacial score (nSPS) is 14.0. The number of hydrogen-bond donors (Lipinski definition) is 1. The van der Waals surface area contributed by atoms with Gasteiger partial charge in [-0.2, -0.15) is 0 Å². The molecule has 7 heteroatoms. The molecule has 28 heavy (non-hydrogen) atoms. The number of piperazine rings is 1. The Labute approximate surface area is 164 Å². The third-order valence-electron chi connectivity index (χ3n) is 4.72. The number of nitrogens with zero attached hydrogens (tertiary/aromatic N) is 5. The van der Waals surface area contributed by atoms with Crippen molar-refractivity contribution >= 4 is 17.5 Å². The molecule has 7 nitrogen and oxygen atoms in total. The van der Waals surface area contributed by atoms with Gasteiger partial charge in [0.15, 0.2) is 0 Å². The summed E-state index contributed by atoms with van der Waals surface area (Å²) in [4.78, 5) is 30.0. The van der Waals surface area contributed by atoms with Gasteiger partial charge in [0.1, 0.15) is 17.3 Å². The first kappa shape index (κ1) is 17.9. The molecule has 1 aliphatic heterocycles. The smallest absolute Gasteiger partial charge is 0.270 e. The van der Waals surface area contributed by atoms with Gasteiger partial charge in [0.25, 0.3) is 5.91 Å². The van der Waals surface area contributed by atoms with Gasteiger partial charge in [0, 0.05) is 51.3 Å². The minimum absolute atomic E-state index is 0.183. The van der Waals surface area contributed by atoms with Crippen LogP contribution in [0.1, 0.15) is 16.1 Å². The average Bonchev–Trinajstić information content (AvgIpc) is 2.79. The predicted molar refractivity (Wildman–Crippen MR) is 108 cm³/mol. The van der Waals surface area contributed by atoms with Crippen molar-refractivity contribution in [1.82, 2.24) is 20.3 Å². The summed E-state index contributed by atoms with van der Waals surface area (Å²) in [5.74, 6) is 1.64. The van der Waals surface area contributed by atoms with Crippen molar-refractivity contribution in [2.24, 2.45) is 0 Å². The standard InChI is InChI=1S/C21H22N6O/c28-21(24-16-17-5-4-9-22-15-17)18-6-3-8-20(25-18)27-13-11-26(12-14-27)19-7-1-2-10-23-19/h1-10,15H,11-14,16H2,(H,24,28). The zero-order chi connectivity index (χ0) is 19.2. The quantitative estimate of drug-likeness (QED) is 0.737. The first-order valence-corrected chi connectivity index (χ1v) is 9.35. The highest BCUT2D eigenvalue weighted by Crippen LogP contribution is 2.17. The molecule has 3 aromatic rings. The van der Waals surface area contributed by atoms with Crippen molar-refractivity contribution in [3.05, 3.63) is 78.4 Å². The van der Waals surface area contributed by atoms with Gasteiger partial charge in [-0.25, -0.2) is 9.97 Å². The Kier molecular flexibility index (Phi) is 5.42. The highest BCUT2D eigenvalue weighted by molar-refractivity contribution is 5.92. The van der Waals surface area contributed by atoms with Gasteiger partial charge in [-0.05, 0) is 35.9 Å². The summed E-state index contributed by atoms with van der Waals surface area (Å²) in [6, 6.07) is 15.3. The first-order chi connectivity index (χ1) is 13.8. The summed E-state index contributed by atoms with van der Waals surface area (Å²) >= 11 is 0. The number of carbonyl (C=O) groups excluding carboxylic acids is 1. The topological polar surface area (TPSA) is 74.2 Å². The summed E-state index contributed by atoms with van der Waals surface area (Å²) in [6.07, 6.45) is 5.27. The van der Waals surface area contributed by atoms with Crippen LogP contribution in [0.5, 0.6) is 0 Å². The molecule has 0 bridgehead atoms. The number of amides is 1. The molecule has 0 atom stereocenters. The second-order valence-electron chi connectivity index (χ2n) is 6.59. The van der Waals surface area contributed by atoms with Gasteiger partial charge < -0.3 is 15.1 Å². The molecule has 0 spiro atoms. The second kappa shape index (κ2) is 8.47. The van der Waals surface area contributed by atoms with E-state index in [0.29, 0.717) is 12.2 Å². The lowest BCUT2D eigenvalue weighted by Crippen LogP contribution is -2.47. The van der Waals surface area contributed by atoms with Crippen LogP contribution < -0.4 is 15.1 Å². The van der Waals surface area contributed by atoms with Crippen LogP contribution in [-0.4, -0.2) is 47.0 Å². The van der Waals surface area contributed by atoms with E-state index in [1.807, 2.05) is 48.7 Å². The maximum absolute atomic E-state index is 12.5. The van der Waals surface area contributed by atoms with Crippen LogP contribution in [0, 0.1) is 0 Å². The Hall–Kier alpha value is -3.48. The number of nitrogens with one attached hydrogen (secondary N) is 1. The van der Waals surface area contributed by atoms with Crippen LogP contribution in [-0.2, 0) is 6.54 Å². The van der Waals surface area contributed by atoms with Crippen molar-refractivity contribution in [2.45, 2.75) is 6.54 Å². The number of rotatable bonds is 5. The van der Waals surface area contributed by atoms with Gasteiger partial charge >= 0.3 is 0 Å². The minimum Gasteiger partial charge on any atom is -0.353 e. The van der Waals surface area contributed by atoms with Crippen molar-refractivity contribution in [3.63, 3.8) is 0 Å². The van der Waals surface area contributed by atoms with Crippen LogP contribution in [0.15, 0.2) is 67.1 Å². The lowest BCUT2D eigenvalue weighted by atomic mass is 10.2. The van der Waals surface area contributed by atoms with Crippen molar-refractivity contribution in [1.29, 1.82) is 0 Å². The largest absolute Gasteiger partial charge is 0.353 e. The van der Waals surface area contributed by atoms with Gasteiger partial charge in [0.05, 0.1) is 0 Å². The second-order valence-corrected chi connectivity index (χ2v) is 6.59. The lowest BCUT2D eigenvalue weighted by Gasteiger charge is -2.36. The van der Waals surface area contributed by atoms with Crippen LogP contribution in [0.3, 0.4) is 0 Å². The highest BCUT2D eigenvalue weighted by atomic mass is 16.1. The molecule has 4 heterocycles. The predicted octanol–water partition coefficient (Wildman–Crippen LogP) is 2.13. The van der Waals surface area contributed by atoms with Crippen LogP contribution in [0.2, 0.25) is 0 Å². The summed E-state index contributed by atoms with van der Waals surface area (Å²) < 4.78 is 0. The molecule has 0 radical (unpaired) electrons. The average molecular weight is 374 g/mol. The fourth-order valence-corrected chi connectivity index (χ4v) is 3.21. The molecule has 0 unspecified atom stereocenters. The third kappa shape index (κ3) is 4.25. The minimum atomic E-state index is -0.183. The summed E-state index contributed by atoms with van der Waals surface area (Å²) in [7, 11) is 0. The van der Waals surface area contributed by atoms with Crippen molar-refractivity contribution in [3.8, 4) is 0 Å². The molecule has 1 N–H and O–H groups in total. The van der Waals surface area contributed by atoms with E-state index in [4.69, 9.17) is 0 Å². The molecule has 0 aliphatic carbocycles. The molecule has 142 valence electrons. The van der Waals surface area contributed by atoms with E-state index in [1.165, 1.54) is 0 Å². The number of pyridine rings is 3. The van der Waals surface area contributed by atoms with Gasteiger partial charge in [-0.3, -0.25) is 9.78 Å². The molecule has 1 aliphatic rings. The van der Waals surface area contributed by atoms with E-state index < -0.39 is 0 Å². The summed E-state index contributed by atoms with van der Waals surface area (Å²) in [5, 5.41) is 2.90. The van der Waals surface area contributed by atoms with E-state index in [0.717, 1.165) is 43.4 Å². The molecular formula is C21H22N6O. The number of anilines is 2. The third-order valence-corrected chi connectivity index (χ3v) is 4.72. The molecule has 3 aromatic heterocycles. The number of carbonyl (C=O) groups is 1. The number of aromatic nitrogens is 3.